The fourth-order valence-electron chi connectivity index (χ4n) is 2.66. The van der Waals surface area contributed by atoms with E-state index in [0.29, 0.717) is 0 Å². The fourth-order valence-corrected chi connectivity index (χ4v) is 3.76. The Morgan fingerprint density at radius 1 is 1.30 bits per heavy atom. The molecule has 1 amide bonds. The summed E-state index contributed by atoms with van der Waals surface area (Å²) in [6.07, 6.45) is 2.94. The third kappa shape index (κ3) is 2.57. The Bertz CT molecular complexity index is 632. The van der Waals surface area contributed by atoms with Crippen LogP contribution in [0.4, 0.5) is 0 Å². The Labute approximate surface area is 123 Å². The van der Waals surface area contributed by atoms with Gasteiger partial charge in [0.2, 0.25) is 0 Å². The number of hydrogen-bond donors (Lipinski definition) is 1. The SMILES string of the molecule is CC1(C)CCN(C(=O)c2cccc3cc[nH]c23)CCS1. The van der Waals surface area contributed by atoms with Crippen molar-refractivity contribution in [2.45, 2.75) is 25.0 Å². The molecule has 1 aliphatic heterocycles. The Morgan fingerprint density at radius 2 is 2.15 bits per heavy atom. The van der Waals surface area contributed by atoms with Crippen molar-refractivity contribution in [3.63, 3.8) is 0 Å². The largest absolute Gasteiger partial charge is 0.361 e. The molecule has 0 radical (unpaired) electrons. The van der Waals surface area contributed by atoms with Crippen molar-refractivity contribution in [2.24, 2.45) is 0 Å². The summed E-state index contributed by atoms with van der Waals surface area (Å²) in [5, 5.41) is 1.10. The fraction of sp³-hybridized carbons (Fsp3) is 0.438. The third-order valence-electron chi connectivity index (χ3n) is 3.94. The number of aromatic amines is 1. The van der Waals surface area contributed by atoms with Crippen molar-refractivity contribution in [3.05, 3.63) is 36.0 Å². The lowest BCUT2D eigenvalue weighted by molar-refractivity contribution is 0.0766. The molecule has 0 atom stereocenters. The number of H-pyrrole nitrogens is 1. The molecule has 0 saturated carbocycles. The second kappa shape index (κ2) is 5.17. The van der Waals surface area contributed by atoms with E-state index >= 15 is 0 Å². The van der Waals surface area contributed by atoms with Crippen LogP contribution in [-0.4, -0.2) is 39.4 Å². The highest BCUT2D eigenvalue weighted by atomic mass is 32.2. The van der Waals surface area contributed by atoms with Crippen LogP contribution in [0.2, 0.25) is 0 Å². The maximum absolute atomic E-state index is 12.8. The minimum absolute atomic E-state index is 0.149. The molecule has 0 unspecified atom stereocenters. The van der Waals surface area contributed by atoms with Crippen molar-refractivity contribution in [3.8, 4) is 0 Å². The number of aromatic nitrogens is 1. The molecule has 1 fully saturated rings. The highest BCUT2D eigenvalue weighted by molar-refractivity contribution is 8.00. The quantitative estimate of drug-likeness (QED) is 0.871. The number of carbonyl (C=O) groups is 1. The molecule has 4 heteroatoms. The van der Waals surface area contributed by atoms with Crippen molar-refractivity contribution in [1.29, 1.82) is 0 Å². The molecule has 2 heterocycles. The molecule has 0 spiro atoms. The van der Waals surface area contributed by atoms with Gasteiger partial charge in [-0.3, -0.25) is 4.79 Å². The standard InChI is InChI=1S/C16H20N2OS/c1-16(2)7-9-18(10-11-20-16)15(19)13-5-3-4-12-6-8-17-14(12)13/h3-6,8,17H,7,9-11H2,1-2H3. The van der Waals surface area contributed by atoms with Crippen LogP contribution in [0.15, 0.2) is 30.5 Å². The smallest absolute Gasteiger partial charge is 0.256 e. The predicted octanol–water partition coefficient (Wildman–Crippen LogP) is 3.53. The Kier molecular flexibility index (Phi) is 3.50. The molecule has 1 aromatic carbocycles. The zero-order chi connectivity index (χ0) is 14.2. The van der Waals surface area contributed by atoms with Gasteiger partial charge in [-0.2, -0.15) is 11.8 Å². The van der Waals surface area contributed by atoms with Crippen LogP contribution < -0.4 is 0 Å². The number of fused-ring (bicyclic) bond motifs is 1. The van der Waals surface area contributed by atoms with E-state index in [0.717, 1.165) is 41.7 Å². The van der Waals surface area contributed by atoms with Crippen LogP contribution in [0.25, 0.3) is 10.9 Å². The predicted molar refractivity (Wildman–Crippen MR) is 85.4 cm³/mol. The Hall–Kier alpha value is -1.42. The number of benzene rings is 1. The average Bonchev–Trinajstić information content (AvgIpc) is 2.82. The first-order valence-electron chi connectivity index (χ1n) is 7.06. The monoisotopic (exact) mass is 288 g/mol. The highest BCUT2D eigenvalue weighted by Crippen LogP contribution is 2.31. The van der Waals surface area contributed by atoms with Crippen LogP contribution in [-0.2, 0) is 0 Å². The van der Waals surface area contributed by atoms with E-state index in [4.69, 9.17) is 0 Å². The van der Waals surface area contributed by atoms with Gasteiger partial charge in [0.25, 0.3) is 5.91 Å². The molecule has 106 valence electrons. The Balaban J connectivity index is 1.87. The van der Waals surface area contributed by atoms with Crippen LogP contribution >= 0.6 is 11.8 Å². The molecule has 2 aromatic rings. The van der Waals surface area contributed by atoms with E-state index in [1.165, 1.54) is 0 Å². The Morgan fingerprint density at radius 3 is 3.00 bits per heavy atom. The summed E-state index contributed by atoms with van der Waals surface area (Å²) in [5.74, 6) is 1.16. The minimum Gasteiger partial charge on any atom is -0.361 e. The van der Waals surface area contributed by atoms with Crippen LogP contribution in [0.3, 0.4) is 0 Å². The highest BCUT2D eigenvalue weighted by Gasteiger charge is 2.27. The summed E-state index contributed by atoms with van der Waals surface area (Å²) < 4.78 is 0.271. The number of hydrogen-bond acceptors (Lipinski definition) is 2. The van der Waals surface area contributed by atoms with E-state index in [1.54, 1.807) is 0 Å². The molecule has 3 nitrogen and oxygen atoms in total. The summed E-state index contributed by atoms with van der Waals surface area (Å²) in [4.78, 5) is 18.0. The molecule has 1 saturated heterocycles. The lowest BCUT2D eigenvalue weighted by Gasteiger charge is -2.23. The van der Waals surface area contributed by atoms with E-state index in [2.05, 4.69) is 18.8 Å². The minimum atomic E-state index is 0.149. The van der Waals surface area contributed by atoms with Crippen molar-refractivity contribution in [1.82, 2.24) is 9.88 Å². The lowest BCUT2D eigenvalue weighted by atomic mass is 10.1. The average molecular weight is 288 g/mol. The van der Waals surface area contributed by atoms with Gasteiger partial charge in [-0.15, -0.1) is 0 Å². The zero-order valence-electron chi connectivity index (χ0n) is 12.0. The molecular weight excluding hydrogens is 268 g/mol. The molecule has 20 heavy (non-hydrogen) atoms. The summed E-state index contributed by atoms with van der Waals surface area (Å²) >= 11 is 1.96. The van der Waals surface area contributed by atoms with Gasteiger partial charge in [0, 0.05) is 35.2 Å². The molecule has 0 bridgehead atoms. The first-order valence-corrected chi connectivity index (χ1v) is 8.05. The number of carbonyl (C=O) groups excluding carboxylic acids is 1. The van der Waals surface area contributed by atoms with Gasteiger partial charge in [-0.25, -0.2) is 0 Å². The number of rotatable bonds is 1. The van der Waals surface area contributed by atoms with E-state index in [9.17, 15) is 4.79 Å². The summed E-state index contributed by atoms with van der Waals surface area (Å²) in [6, 6.07) is 7.92. The lowest BCUT2D eigenvalue weighted by Crippen LogP contribution is -2.33. The van der Waals surface area contributed by atoms with Gasteiger partial charge in [0.05, 0.1) is 11.1 Å². The first kappa shape index (κ1) is 13.6. The van der Waals surface area contributed by atoms with Crippen molar-refractivity contribution in [2.75, 3.05) is 18.8 Å². The van der Waals surface area contributed by atoms with Gasteiger partial charge in [0.15, 0.2) is 0 Å². The second-order valence-electron chi connectivity index (χ2n) is 5.90. The number of para-hydroxylation sites is 1. The second-order valence-corrected chi connectivity index (χ2v) is 7.70. The first-order chi connectivity index (χ1) is 9.57. The van der Waals surface area contributed by atoms with Gasteiger partial charge < -0.3 is 9.88 Å². The summed E-state index contributed by atoms with van der Waals surface area (Å²) in [7, 11) is 0. The van der Waals surface area contributed by atoms with Crippen LogP contribution in [0.5, 0.6) is 0 Å². The number of nitrogens with zero attached hydrogens (tertiary/aromatic N) is 1. The molecular formula is C16H20N2OS. The molecule has 1 aromatic heterocycles. The number of thioether (sulfide) groups is 1. The van der Waals surface area contributed by atoms with Gasteiger partial charge in [-0.1, -0.05) is 26.0 Å². The topological polar surface area (TPSA) is 36.1 Å². The maximum Gasteiger partial charge on any atom is 0.256 e. The van der Waals surface area contributed by atoms with Crippen molar-refractivity contribution >= 4 is 28.6 Å². The van der Waals surface area contributed by atoms with E-state index in [-0.39, 0.29) is 10.7 Å². The summed E-state index contributed by atoms with van der Waals surface area (Å²) in [6.45, 7) is 6.20. The van der Waals surface area contributed by atoms with Gasteiger partial charge in [0.1, 0.15) is 0 Å². The van der Waals surface area contributed by atoms with E-state index < -0.39 is 0 Å². The number of nitrogens with one attached hydrogen (secondary N) is 1. The van der Waals surface area contributed by atoms with Gasteiger partial charge >= 0.3 is 0 Å². The summed E-state index contributed by atoms with van der Waals surface area (Å²) in [5.41, 5.74) is 1.74. The molecule has 3 rings (SSSR count). The van der Waals surface area contributed by atoms with E-state index in [1.807, 2.05) is 47.1 Å². The molecule has 1 aliphatic rings. The molecule has 1 N–H and O–H groups in total. The van der Waals surface area contributed by atoms with Crippen LogP contribution in [0, 0.1) is 0 Å². The molecule has 0 aliphatic carbocycles. The van der Waals surface area contributed by atoms with Gasteiger partial charge in [-0.05, 0) is 18.6 Å². The zero-order valence-corrected chi connectivity index (χ0v) is 12.8. The normalized spacial score (nSPS) is 19.0. The third-order valence-corrected chi connectivity index (χ3v) is 5.31. The van der Waals surface area contributed by atoms with Crippen LogP contribution in [0.1, 0.15) is 30.6 Å². The van der Waals surface area contributed by atoms with Crippen molar-refractivity contribution < 1.29 is 4.79 Å². The number of amides is 1. The maximum atomic E-state index is 12.8.